The van der Waals surface area contributed by atoms with Crippen molar-refractivity contribution in [2.24, 2.45) is 0 Å². The standard InChI is InChI=1S/C15H22F3N/c1-14(2,3)19-11-5-4-6-12-7-9-13(10-8-12)15(16,17)18/h7-10,19H,4-6,11H2,1-3H3. The molecule has 0 atom stereocenters. The van der Waals surface area contributed by atoms with E-state index in [1.165, 1.54) is 0 Å². The fourth-order valence-electron chi connectivity index (χ4n) is 1.78. The summed E-state index contributed by atoms with van der Waals surface area (Å²) < 4.78 is 37.1. The summed E-state index contributed by atoms with van der Waals surface area (Å²) in [5.74, 6) is 0. The summed E-state index contributed by atoms with van der Waals surface area (Å²) in [7, 11) is 0. The van der Waals surface area contributed by atoms with E-state index < -0.39 is 11.7 Å². The van der Waals surface area contributed by atoms with Gasteiger partial charge in [0.05, 0.1) is 5.56 Å². The number of hydrogen-bond acceptors (Lipinski definition) is 1. The van der Waals surface area contributed by atoms with Crippen molar-refractivity contribution < 1.29 is 13.2 Å². The van der Waals surface area contributed by atoms with E-state index in [0.29, 0.717) is 0 Å². The summed E-state index contributed by atoms with van der Waals surface area (Å²) in [6, 6.07) is 5.45. The van der Waals surface area contributed by atoms with Crippen molar-refractivity contribution in [3.05, 3.63) is 35.4 Å². The van der Waals surface area contributed by atoms with Crippen LogP contribution >= 0.6 is 0 Å². The van der Waals surface area contributed by atoms with Gasteiger partial charge in [0, 0.05) is 5.54 Å². The van der Waals surface area contributed by atoms with Crippen molar-refractivity contribution in [1.82, 2.24) is 5.32 Å². The molecule has 19 heavy (non-hydrogen) atoms. The molecule has 0 amide bonds. The molecule has 1 rings (SSSR count). The van der Waals surface area contributed by atoms with Gasteiger partial charge in [-0.15, -0.1) is 0 Å². The Morgan fingerprint density at radius 1 is 0.947 bits per heavy atom. The van der Waals surface area contributed by atoms with Gasteiger partial charge in [-0.25, -0.2) is 0 Å². The van der Waals surface area contributed by atoms with Crippen LogP contribution in [0.2, 0.25) is 0 Å². The molecule has 0 saturated heterocycles. The lowest BCUT2D eigenvalue weighted by Crippen LogP contribution is -2.36. The third-order valence-corrected chi connectivity index (χ3v) is 2.83. The van der Waals surface area contributed by atoms with Gasteiger partial charge in [-0.05, 0) is 64.3 Å². The molecule has 1 nitrogen and oxygen atoms in total. The van der Waals surface area contributed by atoms with E-state index in [2.05, 4.69) is 26.1 Å². The molecule has 0 radical (unpaired) electrons. The van der Waals surface area contributed by atoms with Crippen molar-refractivity contribution in [3.63, 3.8) is 0 Å². The summed E-state index contributed by atoms with van der Waals surface area (Å²) in [6.07, 6.45) is -1.41. The van der Waals surface area contributed by atoms with Crippen molar-refractivity contribution in [1.29, 1.82) is 0 Å². The predicted molar refractivity (Wildman–Crippen MR) is 72.1 cm³/mol. The molecule has 0 aliphatic heterocycles. The fraction of sp³-hybridized carbons (Fsp3) is 0.600. The second-order valence-electron chi connectivity index (χ2n) is 5.83. The Morgan fingerprint density at radius 2 is 1.53 bits per heavy atom. The van der Waals surface area contributed by atoms with Gasteiger partial charge < -0.3 is 5.32 Å². The lowest BCUT2D eigenvalue weighted by atomic mass is 10.1. The van der Waals surface area contributed by atoms with Crippen molar-refractivity contribution in [2.75, 3.05) is 6.54 Å². The molecule has 1 N–H and O–H groups in total. The monoisotopic (exact) mass is 273 g/mol. The van der Waals surface area contributed by atoms with Gasteiger partial charge in [0.25, 0.3) is 0 Å². The number of alkyl halides is 3. The molecule has 1 aromatic rings. The molecular formula is C15H22F3N. The molecule has 0 aromatic heterocycles. The van der Waals surface area contributed by atoms with Crippen LogP contribution in [0, 0.1) is 0 Å². The third kappa shape index (κ3) is 6.62. The normalized spacial score (nSPS) is 12.7. The molecule has 0 aliphatic carbocycles. The van der Waals surface area contributed by atoms with Crippen molar-refractivity contribution in [3.8, 4) is 0 Å². The maximum atomic E-state index is 12.4. The lowest BCUT2D eigenvalue weighted by molar-refractivity contribution is -0.137. The zero-order valence-corrected chi connectivity index (χ0v) is 11.8. The lowest BCUT2D eigenvalue weighted by Gasteiger charge is -2.20. The van der Waals surface area contributed by atoms with Crippen molar-refractivity contribution >= 4 is 0 Å². The number of halogens is 3. The fourth-order valence-corrected chi connectivity index (χ4v) is 1.78. The van der Waals surface area contributed by atoms with E-state index in [9.17, 15) is 13.2 Å². The average Bonchev–Trinajstić information content (AvgIpc) is 2.26. The first-order valence-corrected chi connectivity index (χ1v) is 6.60. The van der Waals surface area contributed by atoms with Crippen molar-refractivity contribution in [2.45, 2.75) is 51.7 Å². The molecule has 0 heterocycles. The largest absolute Gasteiger partial charge is 0.416 e. The topological polar surface area (TPSA) is 12.0 Å². The quantitative estimate of drug-likeness (QED) is 0.783. The number of unbranched alkanes of at least 4 members (excludes halogenated alkanes) is 1. The minimum absolute atomic E-state index is 0.119. The van der Waals surface area contributed by atoms with Gasteiger partial charge in [-0.1, -0.05) is 12.1 Å². The van der Waals surface area contributed by atoms with Crippen LogP contribution in [-0.2, 0) is 12.6 Å². The second-order valence-corrected chi connectivity index (χ2v) is 5.83. The molecule has 0 aliphatic rings. The minimum Gasteiger partial charge on any atom is -0.312 e. The van der Waals surface area contributed by atoms with Gasteiger partial charge in [0.15, 0.2) is 0 Å². The van der Waals surface area contributed by atoms with E-state index in [0.717, 1.165) is 43.5 Å². The molecule has 1 aromatic carbocycles. The average molecular weight is 273 g/mol. The van der Waals surface area contributed by atoms with Crippen LogP contribution in [0.5, 0.6) is 0 Å². The van der Waals surface area contributed by atoms with Crippen LogP contribution in [0.1, 0.15) is 44.7 Å². The van der Waals surface area contributed by atoms with E-state index in [-0.39, 0.29) is 5.54 Å². The Balaban J connectivity index is 2.31. The van der Waals surface area contributed by atoms with E-state index >= 15 is 0 Å². The minimum atomic E-state index is -4.24. The second kappa shape index (κ2) is 6.42. The van der Waals surface area contributed by atoms with Gasteiger partial charge in [-0.3, -0.25) is 0 Å². The molecule has 108 valence electrons. The zero-order chi connectivity index (χ0) is 14.5. The number of benzene rings is 1. The summed E-state index contributed by atoms with van der Waals surface area (Å²) in [5, 5.41) is 3.39. The number of hydrogen-bond donors (Lipinski definition) is 1. The Bertz CT molecular complexity index is 374. The summed E-state index contributed by atoms with van der Waals surface area (Å²) in [6.45, 7) is 7.28. The summed E-state index contributed by atoms with van der Waals surface area (Å²) in [5.41, 5.74) is 0.503. The summed E-state index contributed by atoms with van der Waals surface area (Å²) in [4.78, 5) is 0. The highest BCUT2D eigenvalue weighted by molar-refractivity contribution is 5.24. The van der Waals surface area contributed by atoms with Gasteiger partial charge in [0.2, 0.25) is 0 Å². The van der Waals surface area contributed by atoms with E-state index in [1.807, 2.05) is 0 Å². The number of rotatable bonds is 5. The molecule has 0 fully saturated rings. The molecule has 0 bridgehead atoms. The van der Waals surface area contributed by atoms with Crippen LogP contribution in [-0.4, -0.2) is 12.1 Å². The Morgan fingerprint density at radius 3 is 2.00 bits per heavy atom. The first-order chi connectivity index (χ1) is 8.68. The maximum Gasteiger partial charge on any atom is 0.416 e. The zero-order valence-electron chi connectivity index (χ0n) is 11.8. The first-order valence-electron chi connectivity index (χ1n) is 6.60. The Kier molecular flexibility index (Phi) is 5.41. The SMILES string of the molecule is CC(C)(C)NCCCCc1ccc(C(F)(F)F)cc1. The van der Waals surface area contributed by atoms with Gasteiger partial charge in [0.1, 0.15) is 0 Å². The maximum absolute atomic E-state index is 12.4. The highest BCUT2D eigenvalue weighted by atomic mass is 19.4. The number of aryl methyl sites for hydroxylation is 1. The van der Waals surface area contributed by atoms with Crippen LogP contribution in [0.4, 0.5) is 13.2 Å². The van der Waals surface area contributed by atoms with Crippen LogP contribution in [0.25, 0.3) is 0 Å². The van der Waals surface area contributed by atoms with Gasteiger partial charge >= 0.3 is 6.18 Å². The molecule has 0 spiro atoms. The Hall–Kier alpha value is -1.03. The van der Waals surface area contributed by atoms with Crippen LogP contribution in [0.3, 0.4) is 0 Å². The van der Waals surface area contributed by atoms with Gasteiger partial charge in [-0.2, -0.15) is 13.2 Å². The van der Waals surface area contributed by atoms with Crippen LogP contribution in [0.15, 0.2) is 24.3 Å². The highest BCUT2D eigenvalue weighted by Crippen LogP contribution is 2.29. The van der Waals surface area contributed by atoms with E-state index in [1.54, 1.807) is 12.1 Å². The van der Waals surface area contributed by atoms with E-state index in [4.69, 9.17) is 0 Å². The summed E-state index contributed by atoms with van der Waals surface area (Å²) >= 11 is 0. The molecular weight excluding hydrogens is 251 g/mol. The van der Waals surface area contributed by atoms with Crippen LogP contribution < -0.4 is 5.32 Å². The molecule has 0 saturated carbocycles. The third-order valence-electron chi connectivity index (χ3n) is 2.83. The predicted octanol–water partition coefficient (Wildman–Crippen LogP) is 4.42. The number of nitrogens with one attached hydrogen (secondary N) is 1. The molecule has 4 heteroatoms. The smallest absolute Gasteiger partial charge is 0.312 e. The molecule has 0 unspecified atom stereocenters. The first kappa shape index (κ1) is 16.0. The Labute approximate surface area is 113 Å². The highest BCUT2D eigenvalue weighted by Gasteiger charge is 2.29.